The predicted molar refractivity (Wildman–Crippen MR) is 174 cm³/mol. The fraction of sp³-hybridized carbons (Fsp3) is 0.355. The molecule has 0 aliphatic carbocycles. The predicted octanol–water partition coefficient (Wildman–Crippen LogP) is 6.37. The maximum atomic E-state index is 13.9. The van der Waals surface area contributed by atoms with E-state index in [2.05, 4.69) is 5.32 Å². The van der Waals surface area contributed by atoms with Gasteiger partial charge in [0, 0.05) is 42.5 Å². The van der Waals surface area contributed by atoms with Crippen molar-refractivity contribution in [1.29, 1.82) is 0 Å². The average molecular weight is 669 g/mol. The number of hydrogen-bond donors (Lipinski definition) is 1. The number of nitrogens with one attached hydrogen (secondary N) is 1. The Morgan fingerprint density at radius 1 is 0.977 bits per heavy atom. The van der Waals surface area contributed by atoms with Crippen molar-refractivity contribution < 1.29 is 22.7 Å². The van der Waals surface area contributed by atoms with Gasteiger partial charge in [0.1, 0.15) is 11.8 Å². The molecule has 0 aromatic heterocycles. The minimum atomic E-state index is -3.70. The van der Waals surface area contributed by atoms with Gasteiger partial charge in [0.25, 0.3) is 0 Å². The molecule has 0 saturated heterocycles. The van der Waals surface area contributed by atoms with E-state index < -0.39 is 16.1 Å². The van der Waals surface area contributed by atoms with E-state index in [1.165, 1.54) is 22.4 Å². The molecular formula is C31H36Cl3N3O5S. The molecular weight excluding hydrogens is 633 g/mol. The van der Waals surface area contributed by atoms with Crippen molar-refractivity contribution in [2.24, 2.45) is 0 Å². The SMILES string of the molecule is CCCNC(=O)C(Cc1ccccc1)N(Cc1ccc(Cl)cc1Cl)C(=O)CCCN(c1ccc(OC)c(Cl)c1)S(C)(=O)=O. The van der Waals surface area contributed by atoms with E-state index >= 15 is 0 Å². The Kier molecular flexibility index (Phi) is 13.0. The number of methoxy groups -OCH3 is 1. The molecule has 8 nitrogen and oxygen atoms in total. The Labute approximate surface area is 268 Å². The summed E-state index contributed by atoms with van der Waals surface area (Å²) in [6.45, 7) is 2.50. The maximum Gasteiger partial charge on any atom is 0.243 e. The Morgan fingerprint density at radius 2 is 1.70 bits per heavy atom. The van der Waals surface area contributed by atoms with E-state index in [0.29, 0.717) is 33.6 Å². The summed E-state index contributed by atoms with van der Waals surface area (Å²) in [5.41, 5.74) is 1.87. The second-order valence-corrected chi connectivity index (χ2v) is 13.2. The average Bonchev–Trinajstić information content (AvgIpc) is 2.96. The standard InChI is InChI=1S/C31H36Cl3N3O5S/c1-4-16-35-31(39)28(18-22-9-6-5-7-10-22)36(21-23-12-13-24(32)19-26(23)33)30(38)11-8-17-37(43(3,40)41)25-14-15-29(42-2)27(34)20-25/h5-7,9-10,12-15,19-20,28H,4,8,11,16-18,21H2,1-3H3,(H,35,39). The second-order valence-electron chi connectivity index (χ2n) is 10.0. The Bertz CT molecular complexity index is 1510. The number of amides is 2. The van der Waals surface area contributed by atoms with E-state index in [1.807, 2.05) is 37.3 Å². The molecule has 1 unspecified atom stereocenters. The molecule has 2 amide bonds. The number of ether oxygens (including phenoxy) is 1. The van der Waals surface area contributed by atoms with Crippen LogP contribution >= 0.6 is 34.8 Å². The third kappa shape index (κ3) is 10.0. The van der Waals surface area contributed by atoms with Crippen LogP contribution in [-0.2, 0) is 32.6 Å². The summed E-state index contributed by atoms with van der Waals surface area (Å²) < 4.78 is 31.8. The molecule has 232 valence electrons. The van der Waals surface area contributed by atoms with E-state index in [0.717, 1.165) is 18.2 Å². The number of nitrogens with zero attached hydrogens (tertiary/aromatic N) is 2. The fourth-order valence-corrected chi connectivity index (χ4v) is 6.25. The normalized spacial score (nSPS) is 12.0. The minimum Gasteiger partial charge on any atom is -0.495 e. The van der Waals surface area contributed by atoms with Crippen molar-refractivity contribution in [2.75, 3.05) is 30.8 Å². The zero-order valence-corrected chi connectivity index (χ0v) is 27.4. The lowest BCUT2D eigenvalue weighted by Crippen LogP contribution is -2.50. The van der Waals surface area contributed by atoms with Crippen molar-refractivity contribution in [1.82, 2.24) is 10.2 Å². The highest BCUT2D eigenvalue weighted by molar-refractivity contribution is 7.92. The number of rotatable bonds is 15. The largest absolute Gasteiger partial charge is 0.495 e. The molecule has 0 heterocycles. The second kappa shape index (κ2) is 16.2. The molecule has 0 saturated carbocycles. The molecule has 12 heteroatoms. The van der Waals surface area contributed by atoms with Crippen LogP contribution in [0.3, 0.4) is 0 Å². The van der Waals surface area contributed by atoms with Crippen molar-refractivity contribution in [3.8, 4) is 5.75 Å². The number of sulfonamides is 1. The molecule has 0 aliphatic heterocycles. The van der Waals surface area contributed by atoms with E-state index in [4.69, 9.17) is 39.5 Å². The Morgan fingerprint density at radius 3 is 2.30 bits per heavy atom. The van der Waals surface area contributed by atoms with Gasteiger partial charge in [-0.15, -0.1) is 0 Å². The number of halogens is 3. The van der Waals surface area contributed by atoms with Crippen molar-refractivity contribution in [3.05, 3.63) is 92.9 Å². The van der Waals surface area contributed by atoms with Crippen molar-refractivity contribution in [2.45, 2.75) is 45.2 Å². The molecule has 0 fully saturated rings. The highest BCUT2D eigenvalue weighted by atomic mass is 35.5. The molecule has 1 N–H and O–H groups in total. The van der Waals surface area contributed by atoms with Gasteiger partial charge in [0.2, 0.25) is 21.8 Å². The number of hydrogen-bond acceptors (Lipinski definition) is 5. The summed E-state index contributed by atoms with van der Waals surface area (Å²) in [4.78, 5) is 28.9. The monoisotopic (exact) mass is 667 g/mol. The van der Waals surface area contributed by atoms with Crippen LogP contribution in [0.2, 0.25) is 15.1 Å². The van der Waals surface area contributed by atoms with E-state index in [-0.39, 0.29) is 49.2 Å². The third-order valence-corrected chi connectivity index (χ3v) is 8.83. The van der Waals surface area contributed by atoms with Gasteiger partial charge in [-0.1, -0.05) is 78.1 Å². The van der Waals surface area contributed by atoms with Crippen molar-refractivity contribution >= 4 is 62.3 Å². The number of carbonyl (C=O) groups excluding carboxylic acids is 2. The van der Waals surface area contributed by atoms with E-state index in [9.17, 15) is 18.0 Å². The van der Waals surface area contributed by atoms with Gasteiger partial charge in [0.15, 0.2) is 0 Å². The summed E-state index contributed by atoms with van der Waals surface area (Å²) >= 11 is 18.8. The lowest BCUT2D eigenvalue weighted by molar-refractivity contribution is -0.141. The molecule has 3 aromatic carbocycles. The summed E-state index contributed by atoms with van der Waals surface area (Å²) in [7, 11) is -2.23. The summed E-state index contributed by atoms with van der Waals surface area (Å²) in [5, 5.41) is 4.02. The topological polar surface area (TPSA) is 96.0 Å². The van der Waals surface area contributed by atoms with Crippen LogP contribution in [0.4, 0.5) is 5.69 Å². The Hall–Kier alpha value is -2.98. The summed E-state index contributed by atoms with van der Waals surface area (Å²) in [6, 6.07) is 18.3. The van der Waals surface area contributed by atoms with Gasteiger partial charge in [0.05, 0.1) is 24.1 Å². The van der Waals surface area contributed by atoms with Crippen LogP contribution < -0.4 is 14.4 Å². The lowest BCUT2D eigenvalue weighted by Gasteiger charge is -2.32. The summed E-state index contributed by atoms with van der Waals surface area (Å²) in [6.07, 6.45) is 2.28. The minimum absolute atomic E-state index is 0.0204. The van der Waals surface area contributed by atoms with Gasteiger partial charge in [-0.3, -0.25) is 13.9 Å². The molecule has 0 radical (unpaired) electrons. The van der Waals surface area contributed by atoms with Gasteiger partial charge >= 0.3 is 0 Å². The molecule has 0 aliphatic rings. The van der Waals surface area contributed by atoms with Crippen LogP contribution in [0.1, 0.15) is 37.3 Å². The Balaban J connectivity index is 1.90. The van der Waals surface area contributed by atoms with Gasteiger partial charge in [-0.2, -0.15) is 0 Å². The number of carbonyl (C=O) groups is 2. The lowest BCUT2D eigenvalue weighted by atomic mass is 10.0. The highest BCUT2D eigenvalue weighted by Crippen LogP contribution is 2.30. The molecule has 0 bridgehead atoms. The quantitative estimate of drug-likeness (QED) is 0.203. The smallest absolute Gasteiger partial charge is 0.243 e. The first-order valence-electron chi connectivity index (χ1n) is 13.8. The maximum absolute atomic E-state index is 13.9. The highest BCUT2D eigenvalue weighted by Gasteiger charge is 2.31. The van der Waals surface area contributed by atoms with Crippen LogP contribution in [0.5, 0.6) is 5.75 Å². The van der Waals surface area contributed by atoms with Gasteiger partial charge < -0.3 is 15.0 Å². The zero-order chi connectivity index (χ0) is 31.6. The first-order chi connectivity index (χ1) is 20.4. The van der Waals surface area contributed by atoms with Crippen LogP contribution in [-0.4, -0.2) is 57.6 Å². The van der Waals surface area contributed by atoms with Crippen LogP contribution in [0.15, 0.2) is 66.7 Å². The van der Waals surface area contributed by atoms with Crippen LogP contribution in [0.25, 0.3) is 0 Å². The van der Waals surface area contributed by atoms with Crippen LogP contribution in [0, 0.1) is 0 Å². The first-order valence-corrected chi connectivity index (χ1v) is 16.8. The molecule has 3 aromatic rings. The van der Waals surface area contributed by atoms with Crippen molar-refractivity contribution in [3.63, 3.8) is 0 Å². The molecule has 3 rings (SSSR count). The number of anilines is 1. The fourth-order valence-electron chi connectivity index (χ4n) is 4.57. The third-order valence-electron chi connectivity index (χ3n) is 6.75. The zero-order valence-electron chi connectivity index (χ0n) is 24.4. The van der Waals surface area contributed by atoms with Gasteiger partial charge in [-0.25, -0.2) is 8.42 Å². The first kappa shape index (κ1) is 34.5. The molecule has 0 spiro atoms. The van der Waals surface area contributed by atoms with Gasteiger partial charge in [-0.05, 0) is 54.3 Å². The van der Waals surface area contributed by atoms with E-state index in [1.54, 1.807) is 30.3 Å². The number of benzene rings is 3. The molecule has 43 heavy (non-hydrogen) atoms. The molecule has 1 atom stereocenters. The summed E-state index contributed by atoms with van der Waals surface area (Å²) in [5.74, 6) is -0.189.